The molecule has 1 aromatic heterocycles. The smallest absolute Gasteiger partial charge is 0.429 e. The van der Waals surface area contributed by atoms with Gasteiger partial charge in [-0.3, -0.25) is 15.9 Å². The van der Waals surface area contributed by atoms with Crippen LogP contribution >= 0.6 is 0 Å². The minimum absolute atomic E-state index is 0.185. The van der Waals surface area contributed by atoms with Crippen molar-refractivity contribution in [2.75, 3.05) is 18.1 Å². The number of rotatable bonds is 3. The first kappa shape index (κ1) is 9.04. The fourth-order valence-corrected chi connectivity index (χ4v) is 1.42. The number of hydrogen-bond donors (Lipinski definition) is 2. The zero-order valence-electron chi connectivity index (χ0n) is 7.59. The van der Waals surface area contributed by atoms with E-state index in [4.69, 9.17) is 10.6 Å². The quantitative estimate of drug-likeness (QED) is 0.500. The molecule has 1 saturated heterocycles. The number of ether oxygens (including phenoxy) is 1. The van der Waals surface area contributed by atoms with Crippen molar-refractivity contribution < 1.29 is 9.53 Å². The molecule has 0 aromatic carbocycles. The van der Waals surface area contributed by atoms with Gasteiger partial charge in [-0.15, -0.1) is 0 Å². The van der Waals surface area contributed by atoms with Gasteiger partial charge in [-0.05, 0) is 12.1 Å². The van der Waals surface area contributed by atoms with Crippen molar-refractivity contribution in [2.24, 2.45) is 5.84 Å². The monoisotopic (exact) mass is 196 g/mol. The fraction of sp³-hybridized carbons (Fsp3) is 0.375. The Bertz CT molecular complexity index is 311. The number of aromatic nitrogens is 1. The molecule has 0 saturated carbocycles. The molecule has 1 aromatic rings. The van der Waals surface area contributed by atoms with Crippen LogP contribution in [0.5, 0.6) is 0 Å². The number of carbonyl (C=O) groups excluding carboxylic acids is 1. The third-order valence-electron chi connectivity index (χ3n) is 2.07. The van der Waals surface area contributed by atoms with Crippen LogP contribution in [-0.4, -0.2) is 30.0 Å². The van der Waals surface area contributed by atoms with Gasteiger partial charge in [0.2, 0.25) is 0 Å². The lowest BCUT2D eigenvalue weighted by molar-refractivity contribution is 0.139. The summed E-state index contributed by atoms with van der Waals surface area (Å²) in [5, 5.41) is 1.52. The highest BCUT2D eigenvalue weighted by Crippen LogP contribution is 2.09. The molecule has 0 radical (unpaired) electrons. The SMILES string of the molecule is NNC[C@@H]1CN(n2cccc2)C(=O)O1. The van der Waals surface area contributed by atoms with E-state index >= 15 is 0 Å². The zero-order valence-corrected chi connectivity index (χ0v) is 7.59. The Balaban J connectivity index is 2.05. The summed E-state index contributed by atoms with van der Waals surface area (Å²) in [4.78, 5) is 11.4. The summed E-state index contributed by atoms with van der Waals surface area (Å²) in [6.07, 6.45) is 3.05. The molecule has 1 aliphatic heterocycles. The Labute approximate surface area is 81.2 Å². The van der Waals surface area contributed by atoms with Crippen LogP contribution in [0.3, 0.4) is 0 Å². The molecule has 6 heteroatoms. The van der Waals surface area contributed by atoms with Crippen molar-refractivity contribution in [3.63, 3.8) is 0 Å². The number of nitrogens with one attached hydrogen (secondary N) is 1. The van der Waals surface area contributed by atoms with Crippen molar-refractivity contribution in [1.29, 1.82) is 0 Å². The minimum atomic E-state index is -0.346. The van der Waals surface area contributed by atoms with Crippen LogP contribution in [0.15, 0.2) is 24.5 Å². The Morgan fingerprint density at radius 2 is 2.29 bits per heavy atom. The maximum Gasteiger partial charge on any atom is 0.429 e. The maximum absolute atomic E-state index is 11.4. The molecule has 3 N–H and O–H groups in total. The second-order valence-electron chi connectivity index (χ2n) is 3.06. The fourth-order valence-electron chi connectivity index (χ4n) is 1.42. The van der Waals surface area contributed by atoms with Gasteiger partial charge in [0.1, 0.15) is 6.10 Å². The van der Waals surface area contributed by atoms with Crippen molar-refractivity contribution >= 4 is 6.09 Å². The lowest BCUT2D eigenvalue weighted by atomic mass is 10.4. The molecule has 0 aliphatic carbocycles. The summed E-state index contributed by atoms with van der Waals surface area (Å²) in [6.45, 7) is 0.973. The number of hydrazine groups is 1. The Kier molecular flexibility index (Phi) is 2.38. The first-order valence-electron chi connectivity index (χ1n) is 4.36. The molecule has 2 heterocycles. The van der Waals surface area contributed by atoms with Gasteiger partial charge in [0.05, 0.1) is 6.54 Å². The third kappa shape index (κ3) is 1.57. The largest absolute Gasteiger partial charge is 0.441 e. The van der Waals surface area contributed by atoms with Crippen LogP contribution in [0.1, 0.15) is 0 Å². The summed E-state index contributed by atoms with van der Waals surface area (Å²) < 4.78 is 6.76. The summed E-state index contributed by atoms with van der Waals surface area (Å²) in [5.41, 5.74) is 2.48. The maximum atomic E-state index is 11.4. The molecule has 6 nitrogen and oxygen atoms in total. The van der Waals surface area contributed by atoms with E-state index in [1.165, 1.54) is 5.01 Å². The van der Waals surface area contributed by atoms with Gasteiger partial charge in [-0.1, -0.05) is 0 Å². The molecule has 0 unspecified atom stereocenters. The van der Waals surface area contributed by atoms with Gasteiger partial charge in [0.25, 0.3) is 0 Å². The number of cyclic esters (lactones) is 1. The molecule has 1 atom stereocenters. The minimum Gasteiger partial charge on any atom is -0.441 e. The van der Waals surface area contributed by atoms with Crippen LogP contribution < -0.4 is 16.3 Å². The number of hydrogen-bond acceptors (Lipinski definition) is 4. The number of nitrogens with two attached hydrogens (primary N) is 1. The summed E-state index contributed by atoms with van der Waals surface area (Å²) >= 11 is 0. The summed E-state index contributed by atoms with van der Waals surface area (Å²) in [6, 6.07) is 3.70. The van der Waals surface area contributed by atoms with Crippen LogP contribution in [-0.2, 0) is 4.74 Å². The van der Waals surface area contributed by atoms with Crippen LogP contribution in [0.4, 0.5) is 4.79 Å². The Hall–Kier alpha value is -1.53. The normalized spacial score (nSPS) is 21.4. The van der Waals surface area contributed by atoms with E-state index in [2.05, 4.69) is 5.43 Å². The van der Waals surface area contributed by atoms with Crippen molar-refractivity contribution in [1.82, 2.24) is 10.1 Å². The highest BCUT2D eigenvalue weighted by atomic mass is 16.6. The Morgan fingerprint density at radius 1 is 1.57 bits per heavy atom. The lowest BCUT2D eigenvalue weighted by Crippen LogP contribution is -2.37. The van der Waals surface area contributed by atoms with Crippen molar-refractivity contribution in [2.45, 2.75) is 6.10 Å². The van der Waals surface area contributed by atoms with Crippen molar-refractivity contribution in [3.8, 4) is 0 Å². The lowest BCUT2D eigenvalue weighted by Gasteiger charge is -2.13. The van der Waals surface area contributed by atoms with Gasteiger partial charge in [-0.2, -0.15) is 0 Å². The van der Waals surface area contributed by atoms with Crippen LogP contribution in [0.25, 0.3) is 0 Å². The van der Waals surface area contributed by atoms with E-state index in [0.29, 0.717) is 13.1 Å². The molecule has 0 spiro atoms. The molecule has 1 fully saturated rings. The zero-order chi connectivity index (χ0) is 9.97. The molecular formula is C8H12N4O2. The molecule has 14 heavy (non-hydrogen) atoms. The topological polar surface area (TPSA) is 72.5 Å². The number of carbonyl (C=O) groups is 1. The van der Waals surface area contributed by atoms with E-state index in [1.807, 2.05) is 12.1 Å². The van der Waals surface area contributed by atoms with Crippen LogP contribution in [0, 0.1) is 0 Å². The van der Waals surface area contributed by atoms with E-state index in [9.17, 15) is 4.79 Å². The molecule has 0 bridgehead atoms. The third-order valence-corrected chi connectivity index (χ3v) is 2.07. The highest BCUT2D eigenvalue weighted by Gasteiger charge is 2.31. The molecule has 76 valence electrons. The van der Waals surface area contributed by atoms with Crippen LogP contribution in [0.2, 0.25) is 0 Å². The predicted molar refractivity (Wildman–Crippen MR) is 50.0 cm³/mol. The second-order valence-corrected chi connectivity index (χ2v) is 3.06. The van der Waals surface area contributed by atoms with Gasteiger partial charge in [0, 0.05) is 18.9 Å². The summed E-state index contributed by atoms with van der Waals surface area (Å²) in [5.74, 6) is 5.15. The molecule has 2 rings (SSSR count). The number of nitrogens with zero attached hydrogens (tertiary/aromatic N) is 2. The highest BCUT2D eigenvalue weighted by molar-refractivity contribution is 5.80. The molecule has 1 aliphatic rings. The first-order valence-corrected chi connectivity index (χ1v) is 4.36. The standard InChI is InChI=1S/C8H12N4O2/c9-10-5-7-6-12(8(13)14-7)11-3-1-2-4-11/h1-4,7,10H,5-6,9H2/t7-/m1/s1. The van der Waals surface area contributed by atoms with Gasteiger partial charge < -0.3 is 4.74 Å². The van der Waals surface area contributed by atoms with Gasteiger partial charge in [-0.25, -0.2) is 9.80 Å². The van der Waals surface area contributed by atoms with E-state index < -0.39 is 0 Å². The van der Waals surface area contributed by atoms with Gasteiger partial charge in [0.15, 0.2) is 0 Å². The summed E-state index contributed by atoms with van der Waals surface area (Å²) in [7, 11) is 0. The molecular weight excluding hydrogens is 184 g/mol. The van der Waals surface area contributed by atoms with E-state index in [0.717, 1.165) is 0 Å². The van der Waals surface area contributed by atoms with E-state index in [1.54, 1.807) is 17.1 Å². The predicted octanol–water partition coefficient (Wildman–Crippen LogP) is -0.592. The first-order chi connectivity index (χ1) is 6.81. The Morgan fingerprint density at radius 3 is 2.93 bits per heavy atom. The average Bonchev–Trinajstić information content (AvgIpc) is 2.74. The van der Waals surface area contributed by atoms with E-state index in [-0.39, 0.29) is 12.2 Å². The van der Waals surface area contributed by atoms with Crippen molar-refractivity contribution in [3.05, 3.63) is 24.5 Å². The number of amides is 1. The second kappa shape index (κ2) is 3.69. The van der Waals surface area contributed by atoms with Gasteiger partial charge >= 0.3 is 6.09 Å². The average molecular weight is 196 g/mol. The molecule has 1 amide bonds.